The number of rotatable bonds is 5. The van der Waals surface area contributed by atoms with E-state index in [2.05, 4.69) is 27.3 Å². The van der Waals surface area contributed by atoms with Crippen molar-refractivity contribution in [1.82, 2.24) is 10.2 Å². The molecule has 2 fully saturated rings. The van der Waals surface area contributed by atoms with Crippen LogP contribution >= 0.6 is 15.9 Å². The zero-order valence-electron chi connectivity index (χ0n) is 12.1. The summed E-state index contributed by atoms with van der Waals surface area (Å²) in [5.74, 6) is 0.233. The number of amides is 1. The van der Waals surface area contributed by atoms with E-state index in [1.54, 1.807) is 0 Å². The first-order valence-electron chi connectivity index (χ1n) is 7.58. The molecule has 1 aliphatic heterocycles. The summed E-state index contributed by atoms with van der Waals surface area (Å²) in [4.78, 5) is 14.7. The first-order chi connectivity index (χ1) is 10.2. The monoisotopic (exact) mass is 352 g/mol. The number of hydrogen-bond acceptors (Lipinski definition) is 3. The Hall–Kier alpha value is -0.910. The highest BCUT2D eigenvalue weighted by Gasteiger charge is 2.33. The molecule has 0 radical (unpaired) electrons. The minimum atomic E-state index is 0.159. The van der Waals surface area contributed by atoms with E-state index in [9.17, 15) is 4.79 Å². The molecule has 114 valence electrons. The van der Waals surface area contributed by atoms with Crippen molar-refractivity contribution in [2.24, 2.45) is 0 Å². The molecule has 1 aromatic rings. The number of nitrogens with zero attached hydrogens (tertiary/aromatic N) is 1. The summed E-state index contributed by atoms with van der Waals surface area (Å²) >= 11 is 3.57. The van der Waals surface area contributed by atoms with Crippen LogP contribution < -0.4 is 5.32 Å². The third kappa shape index (κ3) is 4.05. The predicted octanol–water partition coefficient (Wildman–Crippen LogP) is 2.32. The van der Waals surface area contributed by atoms with Gasteiger partial charge >= 0.3 is 0 Å². The van der Waals surface area contributed by atoms with Gasteiger partial charge in [0.25, 0.3) is 0 Å². The fourth-order valence-corrected chi connectivity index (χ4v) is 3.11. The van der Waals surface area contributed by atoms with Crippen LogP contribution in [-0.4, -0.2) is 42.6 Å². The molecule has 21 heavy (non-hydrogen) atoms. The van der Waals surface area contributed by atoms with Crippen molar-refractivity contribution >= 4 is 21.8 Å². The Kier molecular flexibility index (Phi) is 4.93. The molecule has 1 unspecified atom stereocenters. The quantitative estimate of drug-likeness (QED) is 0.884. The predicted molar refractivity (Wildman–Crippen MR) is 84.9 cm³/mol. The minimum Gasteiger partial charge on any atom is -0.378 e. The normalized spacial score (nSPS) is 22.0. The molecule has 1 heterocycles. The van der Waals surface area contributed by atoms with E-state index in [1.165, 1.54) is 5.56 Å². The summed E-state index contributed by atoms with van der Waals surface area (Å²) in [7, 11) is 0. The van der Waals surface area contributed by atoms with Crippen molar-refractivity contribution in [2.75, 3.05) is 19.8 Å². The Morgan fingerprint density at radius 3 is 2.86 bits per heavy atom. The van der Waals surface area contributed by atoms with Gasteiger partial charge in [0.05, 0.1) is 13.2 Å². The molecule has 4 nitrogen and oxygen atoms in total. The van der Waals surface area contributed by atoms with Crippen LogP contribution in [-0.2, 0) is 16.1 Å². The fraction of sp³-hybridized carbons (Fsp3) is 0.562. The van der Waals surface area contributed by atoms with Crippen LogP contribution in [0, 0.1) is 0 Å². The summed E-state index contributed by atoms with van der Waals surface area (Å²) in [6.45, 7) is 2.91. The maximum atomic E-state index is 12.6. The molecule has 3 rings (SSSR count). The van der Waals surface area contributed by atoms with E-state index >= 15 is 0 Å². The van der Waals surface area contributed by atoms with Gasteiger partial charge in [-0.25, -0.2) is 0 Å². The fourth-order valence-electron chi connectivity index (χ4n) is 2.70. The van der Waals surface area contributed by atoms with Gasteiger partial charge in [0.15, 0.2) is 0 Å². The number of carbonyl (C=O) groups is 1. The Labute approximate surface area is 134 Å². The zero-order valence-corrected chi connectivity index (χ0v) is 13.6. The average molecular weight is 353 g/mol. The topological polar surface area (TPSA) is 41.6 Å². The van der Waals surface area contributed by atoms with E-state index in [-0.39, 0.29) is 11.9 Å². The molecule has 1 aliphatic carbocycles. The van der Waals surface area contributed by atoms with Crippen LogP contribution in [0.2, 0.25) is 0 Å². The number of nitrogens with one attached hydrogen (secondary N) is 1. The van der Waals surface area contributed by atoms with E-state index < -0.39 is 0 Å². The Bertz CT molecular complexity index is 499. The highest BCUT2D eigenvalue weighted by Crippen LogP contribution is 2.30. The highest BCUT2D eigenvalue weighted by atomic mass is 79.9. The van der Waals surface area contributed by atoms with E-state index in [0.29, 0.717) is 25.6 Å². The van der Waals surface area contributed by atoms with Crippen molar-refractivity contribution < 1.29 is 9.53 Å². The smallest absolute Gasteiger partial charge is 0.224 e. The number of hydrogen-bond donors (Lipinski definition) is 1. The van der Waals surface area contributed by atoms with Gasteiger partial charge in [-0.05, 0) is 24.5 Å². The van der Waals surface area contributed by atoms with Crippen LogP contribution in [0.5, 0.6) is 0 Å². The van der Waals surface area contributed by atoms with Gasteiger partial charge in [-0.3, -0.25) is 4.79 Å². The molecule has 1 amide bonds. The molecule has 2 aliphatic rings. The molecule has 1 N–H and O–H groups in total. The van der Waals surface area contributed by atoms with Gasteiger partial charge in [0.1, 0.15) is 0 Å². The third-order valence-corrected chi connectivity index (χ3v) is 4.80. The lowest BCUT2D eigenvalue weighted by Crippen LogP contribution is -2.45. The van der Waals surface area contributed by atoms with E-state index in [0.717, 1.165) is 30.5 Å². The maximum Gasteiger partial charge on any atom is 0.224 e. The summed E-state index contributed by atoms with van der Waals surface area (Å²) in [6, 6.07) is 8.71. The Morgan fingerprint density at radius 2 is 2.19 bits per heavy atom. The molecule has 5 heteroatoms. The number of morpholine rings is 1. The van der Waals surface area contributed by atoms with Crippen LogP contribution in [0.4, 0.5) is 0 Å². The van der Waals surface area contributed by atoms with Crippen LogP contribution in [0.1, 0.15) is 24.8 Å². The zero-order chi connectivity index (χ0) is 14.7. The lowest BCUT2D eigenvalue weighted by atomic mass is 10.1. The average Bonchev–Trinajstić information content (AvgIpc) is 3.32. The molecule has 0 spiro atoms. The van der Waals surface area contributed by atoms with Crippen molar-refractivity contribution in [1.29, 1.82) is 0 Å². The molecule has 1 saturated carbocycles. The number of benzene rings is 1. The number of ether oxygens (including phenoxy) is 1. The summed E-state index contributed by atoms with van der Waals surface area (Å²) < 4.78 is 6.51. The lowest BCUT2D eigenvalue weighted by molar-refractivity contribution is -0.133. The van der Waals surface area contributed by atoms with Gasteiger partial charge in [0.2, 0.25) is 5.91 Å². The maximum absolute atomic E-state index is 12.6. The second kappa shape index (κ2) is 6.90. The third-order valence-electron chi connectivity index (χ3n) is 4.03. The first kappa shape index (κ1) is 15.0. The summed E-state index contributed by atoms with van der Waals surface area (Å²) in [5, 5.41) is 3.36. The van der Waals surface area contributed by atoms with E-state index in [1.807, 2.05) is 23.1 Å². The molecular formula is C16H21BrN2O2. The van der Waals surface area contributed by atoms with Crippen LogP contribution in [0.15, 0.2) is 28.7 Å². The summed E-state index contributed by atoms with van der Waals surface area (Å²) in [5.41, 5.74) is 1.17. The second-order valence-corrected chi connectivity index (χ2v) is 6.63. The number of carbonyl (C=O) groups excluding carboxylic acids is 1. The molecule has 1 atom stereocenters. The van der Waals surface area contributed by atoms with Crippen molar-refractivity contribution in [3.05, 3.63) is 34.3 Å². The summed E-state index contributed by atoms with van der Waals surface area (Å²) in [6.07, 6.45) is 2.79. The van der Waals surface area contributed by atoms with Crippen molar-refractivity contribution in [2.45, 2.75) is 37.9 Å². The van der Waals surface area contributed by atoms with Gasteiger partial charge in [0, 0.05) is 36.1 Å². The number of halogens is 1. The van der Waals surface area contributed by atoms with Crippen molar-refractivity contribution in [3.63, 3.8) is 0 Å². The van der Waals surface area contributed by atoms with Gasteiger partial charge in [-0.2, -0.15) is 0 Å². The molecule has 1 aromatic carbocycles. The largest absolute Gasteiger partial charge is 0.378 e. The van der Waals surface area contributed by atoms with Crippen LogP contribution in [0.25, 0.3) is 0 Å². The van der Waals surface area contributed by atoms with E-state index in [4.69, 9.17) is 4.74 Å². The Balaban J connectivity index is 1.63. The van der Waals surface area contributed by atoms with Gasteiger partial charge in [-0.1, -0.05) is 34.1 Å². The molecule has 0 aromatic heterocycles. The standard InChI is InChI=1S/C16H21BrN2O2/c17-15-4-2-1-3-12(15)10-19(14-5-6-14)16(20)9-13-11-21-8-7-18-13/h1-4,13-14,18H,5-11H2. The van der Waals surface area contributed by atoms with Crippen LogP contribution in [0.3, 0.4) is 0 Å². The molecular weight excluding hydrogens is 332 g/mol. The highest BCUT2D eigenvalue weighted by molar-refractivity contribution is 9.10. The van der Waals surface area contributed by atoms with Gasteiger partial charge in [-0.15, -0.1) is 0 Å². The lowest BCUT2D eigenvalue weighted by Gasteiger charge is -2.28. The SMILES string of the molecule is O=C(CC1COCCN1)N(Cc1ccccc1Br)C1CC1. The molecule has 0 bridgehead atoms. The second-order valence-electron chi connectivity index (χ2n) is 5.77. The first-order valence-corrected chi connectivity index (χ1v) is 8.37. The Morgan fingerprint density at radius 1 is 1.38 bits per heavy atom. The molecule has 1 saturated heterocycles. The van der Waals surface area contributed by atoms with Crippen molar-refractivity contribution in [3.8, 4) is 0 Å². The van der Waals surface area contributed by atoms with Gasteiger partial charge < -0.3 is 15.0 Å². The minimum absolute atomic E-state index is 0.159.